The maximum absolute atomic E-state index is 10.8. The smallest absolute Gasteiger partial charge is 0.270 e. The van der Waals surface area contributed by atoms with Crippen molar-refractivity contribution in [2.75, 3.05) is 6.61 Å². The number of benzene rings is 1. The zero-order valence-corrected chi connectivity index (χ0v) is 7.91. The van der Waals surface area contributed by atoms with Crippen molar-refractivity contribution >= 4 is 17.5 Å². The van der Waals surface area contributed by atoms with Crippen LogP contribution in [0.1, 0.15) is 0 Å². The van der Waals surface area contributed by atoms with Gasteiger partial charge in [0.1, 0.15) is 5.75 Å². The van der Waals surface area contributed by atoms with Crippen LogP contribution in [0.5, 0.6) is 5.75 Å². The molecule has 1 aromatic carbocycles. The largest absolute Gasteiger partial charge is 0.484 e. The quantitative estimate of drug-likeness (QED) is 0.605. The van der Waals surface area contributed by atoms with Gasteiger partial charge < -0.3 is 4.74 Å². The molecule has 1 amide bonds. The molecular formula is C9H7ClN2O2. The summed E-state index contributed by atoms with van der Waals surface area (Å²) in [6.45, 7) is -0.185. The van der Waals surface area contributed by atoms with Crippen LogP contribution in [0.4, 0.5) is 0 Å². The summed E-state index contributed by atoms with van der Waals surface area (Å²) in [6.07, 6.45) is 1.51. The number of nitrogens with zero attached hydrogens (tertiary/aromatic N) is 1. The van der Waals surface area contributed by atoms with Crippen molar-refractivity contribution in [1.29, 1.82) is 5.26 Å². The van der Waals surface area contributed by atoms with Crippen LogP contribution in [0, 0.1) is 11.5 Å². The normalized spacial score (nSPS) is 8.86. The average molecular weight is 211 g/mol. The van der Waals surface area contributed by atoms with E-state index in [-0.39, 0.29) is 6.61 Å². The van der Waals surface area contributed by atoms with Crippen molar-refractivity contribution in [2.24, 2.45) is 0 Å². The van der Waals surface area contributed by atoms with E-state index in [1.807, 2.05) is 5.32 Å². The first-order chi connectivity index (χ1) is 6.72. The van der Waals surface area contributed by atoms with Gasteiger partial charge in [0.05, 0.1) is 0 Å². The van der Waals surface area contributed by atoms with Crippen molar-refractivity contribution in [3.8, 4) is 11.9 Å². The lowest BCUT2D eigenvalue weighted by molar-refractivity contribution is -0.121. The molecule has 0 aliphatic heterocycles. The number of carbonyl (C=O) groups excluding carboxylic acids is 1. The third-order valence-electron chi connectivity index (χ3n) is 1.38. The van der Waals surface area contributed by atoms with E-state index in [0.29, 0.717) is 10.8 Å². The molecule has 72 valence electrons. The average Bonchev–Trinajstić information content (AvgIpc) is 2.17. The molecule has 0 saturated carbocycles. The van der Waals surface area contributed by atoms with E-state index >= 15 is 0 Å². The van der Waals surface area contributed by atoms with Gasteiger partial charge in [-0.25, -0.2) is 0 Å². The Kier molecular flexibility index (Phi) is 3.77. The summed E-state index contributed by atoms with van der Waals surface area (Å²) in [4.78, 5) is 10.8. The summed E-state index contributed by atoms with van der Waals surface area (Å²) in [5.41, 5.74) is 0. The Labute approximate surface area is 86.0 Å². The van der Waals surface area contributed by atoms with Gasteiger partial charge in [-0.05, 0) is 24.3 Å². The molecule has 0 atom stereocenters. The second-order valence-electron chi connectivity index (χ2n) is 2.40. The maximum atomic E-state index is 10.8. The standard InChI is InChI=1S/C9H7ClN2O2/c10-7-1-3-8(4-2-7)14-5-9(13)12-6-11/h1-4H,5H2,(H,12,13). The second-order valence-corrected chi connectivity index (χ2v) is 2.84. The van der Waals surface area contributed by atoms with E-state index in [2.05, 4.69) is 0 Å². The van der Waals surface area contributed by atoms with Crippen LogP contribution in [0.2, 0.25) is 5.02 Å². The molecule has 0 heterocycles. The van der Waals surface area contributed by atoms with Crippen LogP contribution >= 0.6 is 11.6 Å². The number of hydrogen-bond acceptors (Lipinski definition) is 3. The zero-order valence-electron chi connectivity index (χ0n) is 7.16. The lowest BCUT2D eigenvalue weighted by Gasteiger charge is -2.03. The van der Waals surface area contributed by atoms with Gasteiger partial charge in [-0.15, -0.1) is 0 Å². The first kappa shape index (κ1) is 10.4. The van der Waals surface area contributed by atoms with Gasteiger partial charge in [0, 0.05) is 5.02 Å². The summed E-state index contributed by atoms with van der Waals surface area (Å²) in [5, 5.41) is 10.7. The first-order valence-electron chi connectivity index (χ1n) is 3.78. The van der Waals surface area contributed by atoms with Gasteiger partial charge in [-0.1, -0.05) is 11.6 Å². The van der Waals surface area contributed by atoms with Crippen molar-refractivity contribution < 1.29 is 9.53 Å². The number of hydrogen-bond donors (Lipinski definition) is 1. The Morgan fingerprint density at radius 2 is 2.14 bits per heavy atom. The van der Waals surface area contributed by atoms with E-state index in [1.165, 1.54) is 6.19 Å². The molecule has 0 fully saturated rings. The number of nitriles is 1. The molecule has 0 aliphatic carbocycles. The van der Waals surface area contributed by atoms with Crippen LogP contribution in [0.3, 0.4) is 0 Å². The summed E-state index contributed by atoms with van der Waals surface area (Å²) in [6, 6.07) is 6.59. The molecule has 5 heteroatoms. The molecule has 0 saturated heterocycles. The van der Waals surface area contributed by atoms with Crippen molar-refractivity contribution in [3.05, 3.63) is 29.3 Å². The molecule has 1 N–H and O–H groups in total. The molecule has 0 bridgehead atoms. The molecule has 1 rings (SSSR count). The van der Waals surface area contributed by atoms with Gasteiger partial charge in [0.2, 0.25) is 0 Å². The summed E-state index contributed by atoms with van der Waals surface area (Å²) in [7, 11) is 0. The van der Waals surface area contributed by atoms with Crippen LogP contribution in [0.25, 0.3) is 0 Å². The van der Waals surface area contributed by atoms with E-state index < -0.39 is 5.91 Å². The molecule has 1 aromatic rings. The molecule has 0 radical (unpaired) electrons. The van der Waals surface area contributed by atoms with Crippen molar-refractivity contribution in [2.45, 2.75) is 0 Å². The first-order valence-corrected chi connectivity index (χ1v) is 4.16. The van der Waals surface area contributed by atoms with Crippen LogP contribution in [-0.2, 0) is 4.79 Å². The summed E-state index contributed by atoms with van der Waals surface area (Å²) < 4.78 is 5.05. The Balaban J connectivity index is 2.43. The monoisotopic (exact) mass is 210 g/mol. The number of nitrogens with one attached hydrogen (secondary N) is 1. The number of rotatable bonds is 3. The molecule has 14 heavy (non-hydrogen) atoms. The maximum Gasteiger partial charge on any atom is 0.270 e. The van der Waals surface area contributed by atoms with Crippen molar-refractivity contribution in [1.82, 2.24) is 5.32 Å². The highest BCUT2D eigenvalue weighted by Crippen LogP contribution is 2.15. The molecule has 0 unspecified atom stereocenters. The fourth-order valence-corrected chi connectivity index (χ4v) is 0.904. The minimum atomic E-state index is -0.484. The van der Waals surface area contributed by atoms with E-state index in [0.717, 1.165) is 0 Å². The highest BCUT2D eigenvalue weighted by molar-refractivity contribution is 6.30. The number of ether oxygens (including phenoxy) is 1. The number of carbonyl (C=O) groups is 1. The Hall–Kier alpha value is -1.73. The van der Waals surface area contributed by atoms with Gasteiger partial charge in [0.25, 0.3) is 5.91 Å². The van der Waals surface area contributed by atoms with Gasteiger partial charge in [0.15, 0.2) is 12.8 Å². The molecular weight excluding hydrogens is 204 g/mol. The Bertz CT molecular complexity index is 356. The van der Waals surface area contributed by atoms with Crippen LogP contribution in [0.15, 0.2) is 24.3 Å². The second kappa shape index (κ2) is 5.10. The van der Waals surface area contributed by atoms with Gasteiger partial charge in [-0.2, -0.15) is 5.26 Å². The molecule has 0 spiro atoms. The van der Waals surface area contributed by atoms with Crippen LogP contribution in [-0.4, -0.2) is 12.5 Å². The topological polar surface area (TPSA) is 62.1 Å². The third kappa shape index (κ3) is 3.33. The lowest BCUT2D eigenvalue weighted by atomic mass is 10.3. The van der Waals surface area contributed by atoms with E-state index in [9.17, 15) is 4.79 Å². The number of amides is 1. The minimum Gasteiger partial charge on any atom is -0.484 e. The number of halogens is 1. The Morgan fingerprint density at radius 1 is 1.50 bits per heavy atom. The molecule has 4 nitrogen and oxygen atoms in total. The summed E-state index contributed by atoms with van der Waals surface area (Å²) in [5.74, 6) is 0.0462. The van der Waals surface area contributed by atoms with E-state index in [1.54, 1.807) is 24.3 Å². The highest BCUT2D eigenvalue weighted by Gasteiger charge is 2.00. The zero-order chi connectivity index (χ0) is 10.4. The van der Waals surface area contributed by atoms with Gasteiger partial charge >= 0.3 is 0 Å². The summed E-state index contributed by atoms with van der Waals surface area (Å²) >= 11 is 5.65. The predicted octanol–water partition coefficient (Wildman–Crippen LogP) is 1.32. The molecule has 0 aliphatic rings. The SMILES string of the molecule is N#CNC(=O)COc1ccc(Cl)cc1. The van der Waals surface area contributed by atoms with Gasteiger partial charge in [-0.3, -0.25) is 10.1 Å². The lowest BCUT2D eigenvalue weighted by Crippen LogP contribution is -2.24. The van der Waals surface area contributed by atoms with E-state index in [4.69, 9.17) is 21.6 Å². The Morgan fingerprint density at radius 3 is 2.71 bits per heavy atom. The van der Waals surface area contributed by atoms with Crippen molar-refractivity contribution in [3.63, 3.8) is 0 Å². The predicted molar refractivity (Wildman–Crippen MR) is 50.7 cm³/mol. The van der Waals surface area contributed by atoms with Crippen LogP contribution < -0.4 is 10.1 Å². The molecule has 0 aromatic heterocycles. The fraction of sp³-hybridized carbons (Fsp3) is 0.111. The highest BCUT2D eigenvalue weighted by atomic mass is 35.5. The third-order valence-corrected chi connectivity index (χ3v) is 1.63. The fourth-order valence-electron chi connectivity index (χ4n) is 0.778. The minimum absolute atomic E-state index is 0.185.